The Labute approximate surface area is 212 Å². The van der Waals surface area contributed by atoms with E-state index < -0.39 is 0 Å². The molecule has 4 aliphatic carbocycles. The van der Waals surface area contributed by atoms with Crippen LogP contribution in [0.2, 0.25) is 0 Å². The molecule has 4 saturated carbocycles. The summed E-state index contributed by atoms with van der Waals surface area (Å²) in [5.41, 5.74) is 1.63. The Bertz CT molecular complexity index is 1010. The van der Waals surface area contributed by atoms with E-state index in [1.165, 1.54) is 57.8 Å². The third kappa shape index (κ3) is 4.27. The molecular weight excluding hydrogens is 430 g/mol. The Hall–Kier alpha value is -1.71. The van der Waals surface area contributed by atoms with Gasteiger partial charge in [-0.25, -0.2) is 0 Å². The van der Waals surface area contributed by atoms with Crippen molar-refractivity contribution in [2.24, 2.45) is 46.3 Å². The van der Waals surface area contributed by atoms with Crippen molar-refractivity contribution in [1.82, 2.24) is 14.8 Å². The third-order valence-electron chi connectivity index (χ3n) is 11.0. The minimum Gasteiger partial charge on any atom is -0.297 e. The smallest absolute Gasteiger partial charge is 0.157 e. The lowest BCUT2D eigenvalue weighted by Crippen LogP contribution is -2.53. The van der Waals surface area contributed by atoms with E-state index in [0.29, 0.717) is 17.7 Å². The highest BCUT2D eigenvalue weighted by molar-refractivity contribution is 5.83. The molecule has 4 nitrogen and oxygen atoms in total. The SMILES string of the molecule is CC1CCC2(C)C(CCC3C2CCC2(C)C3CC[C@@H]2C(=O)Cn2cc3ccncc3n2)C1.CCC. The number of carbonyl (C=O) groups excluding carboxylic acids is 1. The minimum atomic E-state index is 0.192. The predicted molar refractivity (Wildman–Crippen MR) is 143 cm³/mol. The summed E-state index contributed by atoms with van der Waals surface area (Å²) >= 11 is 0. The molecule has 2 heterocycles. The molecule has 0 aromatic carbocycles. The van der Waals surface area contributed by atoms with Crippen LogP contribution in [0.15, 0.2) is 24.7 Å². The second-order valence-corrected chi connectivity index (χ2v) is 13.1. The fourth-order valence-electron chi connectivity index (χ4n) is 9.27. The Morgan fingerprint density at radius 3 is 2.54 bits per heavy atom. The Kier molecular flexibility index (Phi) is 6.87. The second kappa shape index (κ2) is 9.63. The molecule has 192 valence electrons. The van der Waals surface area contributed by atoms with Crippen LogP contribution in [0, 0.1) is 46.3 Å². The van der Waals surface area contributed by atoms with Gasteiger partial charge in [-0.3, -0.25) is 14.5 Å². The molecule has 35 heavy (non-hydrogen) atoms. The molecule has 0 N–H and O–H groups in total. The molecule has 0 saturated heterocycles. The molecule has 7 unspecified atom stereocenters. The second-order valence-electron chi connectivity index (χ2n) is 13.1. The Morgan fingerprint density at radius 1 is 1.03 bits per heavy atom. The van der Waals surface area contributed by atoms with Gasteiger partial charge < -0.3 is 0 Å². The molecule has 8 atom stereocenters. The Balaban J connectivity index is 0.000000806. The van der Waals surface area contributed by atoms with Gasteiger partial charge in [-0.1, -0.05) is 47.5 Å². The van der Waals surface area contributed by atoms with Gasteiger partial charge in [0, 0.05) is 23.7 Å². The van der Waals surface area contributed by atoms with Gasteiger partial charge in [0.15, 0.2) is 5.78 Å². The van der Waals surface area contributed by atoms with Crippen LogP contribution in [0.25, 0.3) is 10.9 Å². The number of Topliss-reactive ketones (excluding diaryl/α,β-unsaturated/α-hetero) is 1. The number of ketones is 1. The molecule has 0 aliphatic heterocycles. The highest BCUT2D eigenvalue weighted by atomic mass is 16.1. The summed E-state index contributed by atoms with van der Waals surface area (Å²) in [6.45, 7) is 12.3. The number of nitrogens with zero attached hydrogens (tertiary/aromatic N) is 3. The topological polar surface area (TPSA) is 47.8 Å². The maximum Gasteiger partial charge on any atom is 0.157 e. The van der Waals surface area contributed by atoms with Crippen molar-refractivity contribution in [3.8, 4) is 0 Å². The monoisotopic (exact) mass is 477 g/mol. The summed E-state index contributed by atoms with van der Waals surface area (Å²) in [5.74, 6) is 4.95. The first-order chi connectivity index (χ1) is 16.8. The van der Waals surface area contributed by atoms with Crippen molar-refractivity contribution >= 4 is 16.7 Å². The maximum absolute atomic E-state index is 13.6. The minimum absolute atomic E-state index is 0.192. The van der Waals surface area contributed by atoms with Gasteiger partial charge in [-0.2, -0.15) is 5.10 Å². The lowest BCUT2D eigenvalue weighted by molar-refractivity contribution is -0.137. The van der Waals surface area contributed by atoms with E-state index >= 15 is 0 Å². The summed E-state index contributed by atoms with van der Waals surface area (Å²) in [6.07, 6.45) is 18.9. The van der Waals surface area contributed by atoms with Gasteiger partial charge in [0.2, 0.25) is 0 Å². The molecule has 2 aromatic rings. The van der Waals surface area contributed by atoms with Crippen molar-refractivity contribution in [3.63, 3.8) is 0 Å². The van der Waals surface area contributed by atoms with E-state index in [1.807, 2.05) is 16.9 Å². The van der Waals surface area contributed by atoms with Crippen LogP contribution in [0.5, 0.6) is 0 Å². The molecule has 0 spiro atoms. The summed E-state index contributed by atoms with van der Waals surface area (Å²) < 4.78 is 1.85. The van der Waals surface area contributed by atoms with Gasteiger partial charge in [0.1, 0.15) is 5.52 Å². The van der Waals surface area contributed by atoms with Gasteiger partial charge in [-0.05, 0) is 97.9 Å². The van der Waals surface area contributed by atoms with E-state index in [9.17, 15) is 4.79 Å². The molecule has 0 bridgehead atoms. The first-order valence-corrected chi connectivity index (χ1v) is 14.6. The number of rotatable bonds is 3. The number of carbonyl (C=O) groups is 1. The van der Waals surface area contributed by atoms with E-state index in [-0.39, 0.29) is 11.3 Å². The summed E-state index contributed by atoms with van der Waals surface area (Å²) in [5, 5.41) is 5.68. The fourth-order valence-corrected chi connectivity index (χ4v) is 9.27. The van der Waals surface area contributed by atoms with Crippen molar-refractivity contribution < 1.29 is 4.79 Å². The molecule has 2 aromatic heterocycles. The normalized spacial score (nSPS) is 40.3. The lowest BCUT2D eigenvalue weighted by Gasteiger charge is -2.61. The van der Waals surface area contributed by atoms with E-state index in [4.69, 9.17) is 0 Å². The summed E-state index contributed by atoms with van der Waals surface area (Å²) in [6, 6.07) is 1.97. The largest absolute Gasteiger partial charge is 0.297 e. The van der Waals surface area contributed by atoms with Crippen LogP contribution in [0.4, 0.5) is 0 Å². The molecule has 6 rings (SSSR count). The van der Waals surface area contributed by atoms with Crippen molar-refractivity contribution in [1.29, 1.82) is 0 Å². The van der Waals surface area contributed by atoms with Crippen molar-refractivity contribution in [3.05, 3.63) is 24.7 Å². The highest BCUT2D eigenvalue weighted by Gasteiger charge is 2.60. The van der Waals surface area contributed by atoms with E-state index in [1.54, 1.807) is 12.4 Å². The fraction of sp³-hybridized carbons (Fsp3) is 0.774. The van der Waals surface area contributed by atoms with E-state index in [0.717, 1.165) is 46.9 Å². The van der Waals surface area contributed by atoms with Gasteiger partial charge in [0.25, 0.3) is 0 Å². The van der Waals surface area contributed by atoms with Crippen LogP contribution >= 0.6 is 0 Å². The first kappa shape index (κ1) is 25.0. The quantitative estimate of drug-likeness (QED) is 0.455. The molecule has 4 heteroatoms. The maximum atomic E-state index is 13.6. The zero-order chi connectivity index (χ0) is 24.8. The van der Waals surface area contributed by atoms with Crippen LogP contribution in [-0.4, -0.2) is 20.5 Å². The third-order valence-corrected chi connectivity index (χ3v) is 11.0. The molecule has 0 amide bonds. The van der Waals surface area contributed by atoms with Crippen LogP contribution in [0.3, 0.4) is 0 Å². The average Bonchev–Trinajstić information content (AvgIpc) is 3.40. The Morgan fingerprint density at radius 2 is 1.77 bits per heavy atom. The standard InChI is InChI=1S/C28H39N3O.C3H8/c1-18-8-11-27(2)20(14-18)4-5-21-22-6-7-24(28(22,3)12-9-23(21)27)26(32)17-31-16-19-10-13-29-15-25(19)30-31;1-3-2/h10,13,15-16,18,20-24H,4-9,11-12,14,17H2,1-3H3;3H2,1-2H3/t18?,20?,21?,22?,23?,24-,27?,28?;/m1./s1. The molecule has 4 fully saturated rings. The van der Waals surface area contributed by atoms with E-state index in [2.05, 4.69) is 44.7 Å². The number of hydrogen-bond donors (Lipinski definition) is 0. The van der Waals surface area contributed by atoms with Crippen molar-refractivity contribution in [2.75, 3.05) is 0 Å². The van der Waals surface area contributed by atoms with Crippen LogP contribution in [0.1, 0.15) is 98.8 Å². The van der Waals surface area contributed by atoms with Crippen LogP contribution < -0.4 is 0 Å². The van der Waals surface area contributed by atoms with Gasteiger partial charge >= 0.3 is 0 Å². The zero-order valence-electron chi connectivity index (χ0n) is 22.8. The van der Waals surface area contributed by atoms with Crippen LogP contribution in [-0.2, 0) is 11.3 Å². The summed E-state index contributed by atoms with van der Waals surface area (Å²) in [7, 11) is 0. The highest BCUT2D eigenvalue weighted by Crippen LogP contribution is 2.67. The molecule has 4 aliphatic rings. The van der Waals surface area contributed by atoms with Gasteiger partial charge in [-0.15, -0.1) is 0 Å². The average molecular weight is 478 g/mol. The predicted octanol–water partition coefficient (Wildman–Crippen LogP) is 7.71. The first-order valence-electron chi connectivity index (χ1n) is 14.6. The van der Waals surface area contributed by atoms with Gasteiger partial charge in [0.05, 0.1) is 12.7 Å². The molecule has 0 radical (unpaired) electrons. The molecular formula is C31H47N3O. The number of fused-ring (bicyclic) bond motifs is 6. The number of hydrogen-bond acceptors (Lipinski definition) is 3. The lowest BCUT2D eigenvalue weighted by atomic mass is 9.44. The zero-order valence-corrected chi connectivity index (χ0v) is 22.8. The van der Waals surface area contributed by atoms with Crippen molar-refractivity contribution in [2.45, 2.75) is 105 Å². The summed E-state index contributed by atoms with van der Waals surface area (Å²) in [4.78, 5) is 17.7. The number of aromatic nitrogens is 3. The number of pyridine rings is 1.